The molecule has 0 bridgehead atoms. The van der Waals surface area contributed by atoms with Crippen LogP contribution in [0.5, 0.6) is 0 Å². The van der Waals surface area contributed by atoms with E-state index in [9.17, 15) is 5.26 Å². The molecule has 0 aromatic rings. The Kier molecular flexibility index (Phi) is 6.32. The van der Waals surface area contributed by atoms with Gasteiger partial charge in [0.25, 0.3) is 8.32 Å². The second-order valence-electron chi connectivity index (χ2n) is 8.32. The molecule has 130 valence electrons. The number of allylic oxidation sites excluding steroid dienone is 2. The molecule has 0 heterocycles. The fraction of sp³-hybridized carbons (Fsp3) is 0.750. The maximum absolute atomic E-state index is 9.48. The first-order valence-electron chi connectivity index (χ1n) is 8.98. The van der Waals surface area contributed by atoms with Crippen molar-refractivity contribution >= 4 is 8.32 Å². The zero-order valence-corrected chi connectivity index (χ0v) is 17.3. The van der Waals surface area contributed by atoms with Gasteiger partial charge in [-0.3, -0.25) is 0 Å². The highest BCUT2D eigenvalue weighted by Crippen LogP contribution is 2.57. The molecular weight excluding hydrogens is 298 g/mol. The summed E-state index contributed by atoms with van der Waals surface area (Å²) in [5.41, 5.74) is 2.72. The van der Waals surface area contributed by atoms with Crippen molar-refractivity contribution < 1.29 is 4.43 Å². The van der Waals surface area contributed by atoms with Crippen LogP contribution in [-0.4, -0.2) is 8.32 Å². The van der Waals surface area contributed by atoms with Crippen LogP contribution in [0.15, 0.2) is 24.5 Å². The maximum atomic E-state index is 9.48. The molecule has 1 rings (SSSR count). The van der Waals surface area contributed by atoms with E-state index in [-0.39, 0.29) is 17.8 Å². The Bertz CT molecular complexity index is 476. The molecular formula is C20H35NOSi. The molecule has 0 amide bonds. The number of nitriles is 1. The molecule has 1 fully saturated rings. The minimum Gasteiger partial charge on any atom is -0.546 e. The van der Waals surface area contributed by atoms with E-state index in [2.05, 4.69) is 74.6 Å². The van der Waals surface area contributed by atoms with Crippen LogP contribution in [0, 0.1) is 35.0 Å². The van der Waals surface area contributed by atoms with Crippen LogP contribution in [0.4, 0.5) is 0 Å². The van der Waals surface area contributed by atoms with Gasteiger partial charge in [0.15, 0.2) is 0 Å². The van der Waals surface area contributed by atoms with Crippen molar-refractivity contribution in [3.63, 3.8) is 0 Å². The van der Waals surface area contributed by atoms with Crippen LogP contribution in [0.1, 0.15) is 55.4 Å². The van der Waals surface area contributed by atoms with E-state index in [0.717, 1.165) is 11.3 Å². The summed E-state index contributed by atoms with van der Waals surface area (Å²) in [6, 6.07) is 2.44. The van der Waals surface area contributed by atoms with Gasteiger partial charge in [-0.25, -0.2) is 0 Å². The average molecular weight is 334 g/mol. The number of hydrogen-bond acceptors (Lipinski definition) is 2. The fourth-order valence-electron chi connectivity index (χ4n) is 4.37. The molecule has 0 N–H and O–H groups in total. The van der Waals surface area contributed by atoms with Crippen molar-refractivity contribution in [3.8, 4) is 6.07 Å². The Hall–Kier alpha value is -1.01. The lowest BCUT2D eigenvalue weighted by Crippen LogP contribution is -2.47. The molecule has 0 aromatic carbocycles. The third-order valence-corrected chi connectivity index (χ3v) is 11.8. The summed E-state index contributed by atoms with van der Waals surface area (Å²) in [5.74, 6) is 1.60. The number of rotatable bonds is 8. The van der Waals surface area contributed by atoms with E-state index in [1.807, 2.05) is 0 Å². The molecule has 1 saturated carbocycles. The second kappa shape index (κ2) is 7.26. The molecule has 0 saturated heterocycles. The predicted octanol–water partition coefficient (Wildman–Crippen LogP) is 6.29. The molecule has 1 aliphatic carbocycles. The van der Waals surface area contributed by atoms with Gasteiger partial charge in [0, 0.05) is 11.8 Å². The van der Waals surface area contributed by atoms with Crippen LogP contribution in [0.25, 0.3) is 0 Å². The van der Waals surface area contributed by atoms with Gasteiger partial charge in [-0.15, -0.1) is 0 Å². The van der Waals surface area contributed by atoms with E-state index < -0.39 is 8.32 Å². The van der Waals surface area contributed by atoms with E-state index in [1.54, 1.807) is 0 Å². The normalized spacial score (nSPS) is 24.2. The molecule has 0 unspecified atom stereocenters. The minimum atomic E-state index is -1.99. The lowest BCUT2D eigenvalue weighted by molar-refractivity contribution is 0.343. The number of hydrogen-bond donors (Lipinski definition) is 0. The molecule has 3 atom stereocenters. The molecule has 0 radical (unpaired) electrons. The van der Waals surface area contributed by atoms with Crippen molar-refractivity contribution in [2.75, 3.05) is 0 Å². The first kappa shape index (κ1) is 20.0. The van der Waals surface area contributed by atoms with E-state index in [4.69, 9.17) is 4.43 Å². The second-order valence-corrected chi connectivity index (χ2v) is 13.7. The van der Waals surface area contributed by atoms with Gasteiger partial charge in [0.2, 0.25) is 0 Å². The molecule has 3 heteroatoms. The third kappa shape index (κ3) is 3.58. The number of nitrogens with zero attached hydrogens (tertiary/aromatic N) is 1. The highest BCUT2D eigenvalue weighted by atomic mass is 28.4. The van der Waals surface area contributed by atoms with Crippen LogP contribution in [0.2, 0.25) is 16.6 Å². The van der Waals surface area contributed by atoms with Crippen molar-refractivity contribution in [2.45, 2.75) is 72.0 Å². The van der Waals surface area contributed by atoms with Crippen molar-refractivity contribution in [2.24, 2.45) is 23.7 Å². The summed E-state index contributed by atoms with van der Waals surface area (Å²) in [7, 11) is -1.99. The predicted molar refractivity (Wildman–Crippen MR) is 101 cm³/mol. The van der Waals surface area contributed by atoms with Crippen molar-refractivity contribution in [3.05, 3.63) is 24.5 Å². The minimum absolute atomic E-state index is 0.00409. The summed E-state index contributed by atoms with van der Waals surface area (Å²) < 4.78 is 6.69. The topological polar surface area (TPSA) is 33.0 Å². The van der Waals surface area contributed by atoms with Gasteiger partial charge in [-0.2, -0.15) is 5.26 Å². The zero-order valence-electron chi connectivity index (χ0n) is 16.3. The Labute approximate surface area is 144 Å². The first-order chi connectivity index (χ1) is 10.5. The Balaban J connectivity index is 3.02. The molecule has 23 heavy (non-hydrogen) atoms. The van der Waals surface area contributed by atoms with Crippen LogP contribution < -0.4 is 0 Å². The summed E-state index contributed by atoms with van der Waals surface area (Å²) in [5, 5.41) is 9.48. The van der Waals surface area contributed by atoms with E-state index in [0.29, 0.717) is 22.5 Å². The van der Waals surface area contributed by atoms with Gasteiger partial charge in [0.1, 0.15) is 0 Å². The standard InChI is InChI=1S/C20H35NOSi/c1-12(2)16(9)19-18(11-21)20(19)17(10)22-23(13(3)4,14(5)6)15(7)8/h12-15,18-20H,9-10H2,1-8H3/t18-,19+,20-/m0/s1. The lowest BCUT2D eigenvalue weighted by Gasteiger charge is -2.43. The van der Waals surface area contributed by atoms with Crippen LogP contribution in [0.3, 0.4) is 0 Å². The van der Waals surface area contributed by atoms with Gasteiger partial charge < -0.3 is 4.43 Å². The fourth-order valence-corrected chi connectivity index (χ4v) is 9.66. The van der Waals surface area contributed by atoms with Crippen molar-refractivity contribution in [1.29, 1.82) is 5.26 Å². The lowest BCUT2D eigenvalue weighted by atomic mass is 9.98. The largest absolute Gasteiger partial charge is 0.546 e. The average Bonchev–Trinajstić information content (AvgIpc) is 3.16. The Morgan fingerprint density at radius 1 is 0.913 bits per heavy atom. The highest BCUT2D eigenvalue weighted by Gasteiger charge is 2.57. The maximum Gasteiger partial charge on any atom is 0.258 e. The van der Waals surface area contributed by atoms with Crippen molar-refractivity contribution in [1.82, 2.24) is 0 Å². The Morgan fingerprint density at radius 3 is 1.65 bits per heavy atom. The van der Waals surface area contributed by atoms with Gasteiger partial charge >= 0.3 is 0 Å². The molecule has 1 aliphatic rings. The monoisotopic (exact) mass is 333 g/mol. The van der Waals surface area contributed by atoms with Gasteiger partial charge in [-0.1, -0.05) is 74.1 Å². The Morgan fingerprint density at radius 2 is 1.35 bits per heavy atom. The highest BCUT2D eigenvalue weighted by molar-refractivity contribution is 6.77. The summed E-state index contributed by atoms with van der Waals surface area (Å²) in [4.78, 5) is 0. The summed E-state index contributed by atoms with van der Waals surface area (Å²) in [6.07, 6.45) is 0. The first-order valence-corrected chi connectivity index (χ1v) is 11.1. The van der Waals surface area contributed by atoms with Crippen LogP contribution >= 0.6 is 0 Å². The van der Waals surface area contributed by atoms with Gasteiger partial charge in [0.05, 0.1) is 17.7 Å². The SMILES string of the molecule is C=C(C(C)C)[C@@H]1[C@H](C#N)[C@@H]1C(=C)O[Si](C(C)C)(C(C)C)C(C)C. The third-order valence-electron chi connectivity index (χ3n) is 5.73. The molecule has 0 aromatic heterocycles. The zero-order chi connectivity index (χ0) is 18.1. The smallest absolute Gasteiger partial charge is 0.258 e. The molecule has 0 spiro atoms. The van der Waals surface area contributed by atoms with E-state index in [1.165, 1.54) is 0 Å². The molecule has 0 aliphatic heterocycles. The molecule has 2 nitrogen and oxygen atoms in total. The summed E-state index contributed by atoms with van der Waals surface area (Å²) in [6.45, 7) is 26.4. The van der Waals surface area contributed by atoms with Gasteiger partial charge in [-0.05, 0) is 22.5 Å². The van der Waals surface area contributed by atoms with E-state index >= 15 is 0 Å². The van der Waals surface area contributed by atoms with Crippen LogP contribution in [-0.2, 0) is 4.43 Å². The summed E-state index contributed by atoms with van der Waals surface area (Å²) >= 11 is 0. The quantitative estimate of drug-likeness (QED) is 0.297.